The van der Waals surface area contributed by atoms with Crippen LogP contribution in [0, 0.1) is 12.7 Å². The molecule has 0 bridgehead atoms. The van der Waals surface area contributed by atoms with Crippen molar-refractivity contribution in [2.75, 3.05) is 5.32 Å². The van der Waals surface area contributed by atoms with E-state index in [0.717, 1.165) is 11.3 Å². The first-order valence-corrected chi connectivity index (χ1v) is 4.67. The van der Waals surface area contributed by atoms with E-state index in [1.54, 1.807) is 23.1 Å². The van der Waals surface area contributed by atoms with Crippen molar-refractivity contribution in [2.45, 2.75) is 6.92 Å². The number of hydrogen-bond acceptors (Lipinski definition) is 2. The Balaban J connectivity index is 2.24. The first-order valence-electron chi connectivity index (χ1n) is 4.67. The fraction of sp³-hybridized carbons (Fsp3) is 0.182. The SMILES string of the molecule is Cc1ccc(Nc2cnn(C)c2)c(F)c1. The molecule has 0 atom stereocenters. The van der Waals surface area contributed by atoms with E-state index in [0.29, 0.717) is 5.69 Å². The molecule has 0 fully saturated rings. The van der Waals surface area contributed by atoms with E-state index in [-0.39, 0.29) is 5.82 Å². The number of aromatic nitrogens is 2. The molecule has 3 nitrogen and oxygen atoms in total. The number of aryl methyl sites for hydroxylation is 2. The summed E-state index contributed by atoms with van der Waals surface area (Å²) in [6.07, 6.45) is 3.44. The number of nitrogens with zero attached hydrogens (tertiary/aromatic N) is 2. The summed E-state index contributed by atoms with van der Waals surface area (Å²) in [6.45, 7) is 1.86. The second-order valence-corrected chi connectivity index (χ2v) is 3.51. The molecule has 0 saturated heterocycles. The zero-order valence-corrected chi connectivity index (χ0v) is 8.66. The molecule has 2 aromatic rings. The van der Waals surface area contributed by atoms with Gasteiger partial charge in [-0.25, -0.2) is 4.39 Å². The molecule has 1 aromatic heterocycles. The van der Waals surface area contributed by atoms with E-state index in [1.165, 1.54) is 6.07 Å². The van der Waals surface area contributed by atoms with Gasteiger partial charge in [-0.15, -0.1) is 0 Å². The monoisotopic (exact) mass is 205 g/mol. The maximum atomic E-state index is 13.5. The second kappa shape index (κ2) is 3.73. The molecule has 0 aliphatic carbocycles. The molecule has 15 heavy (non-hydrogen) atoms. The molecular formula is C11H12FN3. The van der Waals surface area contributed by atoms with Crippen LogP contribution in [0.1, 0.15) is 5.56 Å². The van der Waals surface area contributed by atoms with Gasteiger partial charge in [0.1, 0.15) is 5.82 Å². The molecule has 0 aliphatic rings. The van der Waals surface area contributed by atoms with Crippen molar-refractivity contribution < 1.29 is 4.39 Å². The Hall–Kier alpha value is -1.84. The van der Waals surface area contributed by atoms with Gasteiger partial charge in [0.15, 0.2) is 0 Å². The largest absolute Gasteiger partial charge is 0.351 e. The fourth-order valence-electron chi connectivity index (χ4n) is 1.36. The summed E-state index contributed by atoms with van der Waals surface area (Å²) >= 11 is 0. The van der Waals surface area contributed by atoms with Crippen LogP contribution in [0.4, 0.5) is 15.8 Å². The van der Waals surface area contributed by atoms with Crippen molar-refractivity contribution in [3.8, 4) is 0 Å². The Bertz CT molecular complexity index is 476. The van der Waals surface area contributed by atoms with Crippen molar-refractivity contribution >= 4 is 11.4 Å². The summed E-state index contributed by atoms with van der Waals surface area (Å²) in [5, 5.41) is 6.95. The quantitative estimate of drug-likeness (QED) is 0.816. The van der Waals surface area contributed by atoms with Crippen LogP contribution < -0.4 is 5.32 Å². The lowest BCUT2D eigenvalue weighted by Gasteiger charge is -2.05. The van der Waals surface area contributed by atoms with Crippen LogP contribution in [-0.2, 0) is 7.05 Å². The van der Waals surface area contributed by atoms with Gasteiger partial charge in [-0.3, -0.25) is 4.68 Å². The van der Waals surface area contributed by atoms with Gasteiger partial charge < -0.3 is 5.32 Å². The maximum Gasteiger partial charge on any atom is 0.146 e. The molecule has 4 heteroatoms. The normalized spacial score (nSPS) is 10.3. The molecule has 0 spiro atoms. The summed E-state index contributed by atoms with van der Waals surface area (Å²) in [7, 11) is 1.82. The van der Waals surface area contributed by atoms with Crippen molar-refractivity contribution in [1.29, 1.82) is 0 Å². The minimum absolute atomic E-state index is 0.251. The summed E-state index contributed by atoms with van der Waals surface area (Å²) < 4.78 is 15.1. The standard InChI is InChI=1S/C11H12FN3/c1-8-3-4-11(10(12)5-8)14-9-6-13-15(2)7-9/h3-7,14H,1-2H3. The Morgan fingerprint density at radius 2 is 2.20 bits per heavy atom. The Morgan fingerprint density at radius 1 is 1.40 bits per heavy atom. The van der Waals surface area contributed by atoms with Gasteiger partial charge >= 0.3 is 0 Å². The molecule has 0 aliphatic heterocycles. The highest BCUT2D eigenvalue weighted by atomic mass is 19.1. The van der Waals surface area contributed by atoms with Crippen LogP contribution in [0.15, 0.2) is 30.6 Å². The summed E-state index contributed by atoms with van der Waals surface area (Å²) in [4.78, 5) is 0. The molecular weight excluding hydrogens is 193 g/mol. The smallest absolute Gasteiger partial charge is 0.146 e. The van der Waals surface area contributed by atoms with Gasteiger partial charge in [0.2, 0.25) is 0 Å². The molecule has 1 N–H and O–H groups in total. The van der Waals surface area contributed by atoms with Crippen LogP contribution in [0.5, 0.6) is 0 Å². The van der Waals surface area contributed by atoms with E-state index in [2.05, 4.69) is 10.4 Å². The van der Waals surface area contributed by atoms with Crippen LogP contribution in [-0.4, -0.2) is 9.78 Å². The minimum atomic E-state index is -0.251. The topological polar surface area (TPSA) is 29.9 Å². The maximum absolute atomic E-state index is 13.5. The summed E-state index contributed by atoms with van der Waals surface area (Å²) in [6, 6.07) is 5.08. The van der Waals surface area contributed by atoms with E-state index in [9.17, 15) is 4.39 Å². The van der Waals surface area contributed by atoms with E-state index in [4.69, 9.17) is 0 Å². The fourth-order valence-corrected chi connectivity index (χ4v) is 1.36. The van der Waals surface area contributed by atoms with Crippen molar-refractivity contribution in [1.82, 2.24) is 9.78 Å². The van der Waals surface area contributed by atoms with Gasteiger partial charge in [-0.1, -0.05) is 6.07 Å². The zero-order valence-electron chi connectivity index (χ0n) is 8.66. The average molecular weight is 205 g/mol. The highest BCUT2D eigenvalue weighted by Crippen LogP contribution is 2.19. The molecule has 0 saturated carbocycles. The Labute approximate surface area is 87.5 Å². The lowest BCUT2D eigenvalue weighted by molar-refractivity contribution is 0.630. The number of benzene rings is 1. The number of halogens is 1. The van der Waals surface area contributed by atoms with Crippen LogP contribution >= 0.6 is 0 Å². The third-order valence-corrected chi connectivity index (χ3v) is 2.11. The van der Waals surface area contributed by atoms with Gasteiger partial charge in [0, 0.05) is 13.2 Å². The van der Waals surface area contributed by atoms with Crippen molar-refractivity contribution in [2.24, 2.45) is 7.05 Å². The third-order valence-electron chi connectivity index (χ3n) is 2.11. The summed E-state index contributed by atoms with van der Waals surface area (Å²) in [5.74, 6) is -0.251. The predicted octanol–water partition coefficient (Wildman–Crippen LogP) is 2.61. The van der Waals surface area contributed by atoms with Crippen LogP contribution in [0.3, 0.4) is 0 Å². The van der Waals surface area contributed by atoms with Gasteiger partial charge in [0.05, 0.1) is 17.6 Å². The van der Waals surface area contributed by atoms with Crippen molar-refractivity contribution in [3.63, 3.8) is 0 Å². The van der Waals surface area contributed by atoms with Crippen LogP contribution in [0.25, 0.3) is 0 Å². The first-order chi connectivity index (χ1) is 7.15. The molecule has 0 unspecified atom stereocenters. The highest BCUT2D eigenvalue weighted by Gasteiger charge is 2.03. The minimum Gasteiger partial charge on any atom is -0.351 e. The van der Waals surface area contributed by atoms with Gasteiger partial charge in [-0.2, -0.15) is 5.10 Å². The van der Waals surface area contributed by atoms with Gasteiger partial charge in [-0.05, 0) is 24.6 Å². The third kappa shape index (κ3) is 2.15. The lowest BCUT2D eigenvalue weighted by atomic mass is 10.2. The van der Waals surface area contributed by atoms with E-state index >= 15 is 0 Å². The van der Waals surface area contributed by atoms with E-state index < -0.39 is 0 Å². The molecule has 2 rings (SSSR count). The van der Waals surface area contributed by atoms with Gasteiger partial charge in [0.25, 0.3) is 0 Å². The molecule has 0 amide bonds. The molecule has 78 valence electrons. The number of rotatable bonds is 2. The molecule has 0 radical (unpaired) electrons. The van der Waals surface area contributed by atoms with Crippen molar-refractivity contribution in [3.05, 3.63) is 42.0 Å². The lowest BCUT2D eigenvalue weighted by Crippen LogP contribution is -1.93. The zero-order chi connectivity index (χ0) is 10.8. The van der Waals surface area contributed by atoms with E-state index in [1.807, 2.05) is 20.0 Å². The predicted molar refractivity (Wildman–Crippen MR) is 57.6 cm³/mol. The first kappa shape index (κ1) is 9.71. The highest BCUT2D eigenvalue weighted by molar-refractivity contribution is 5.58. The molecule has 1 heterocycles. The Morgan fingerprint density at radius 3 is 2.80 bits per heavy atom. The number of nitrogens with one attached hydrogen (secondary N) is 1. The summed E-state index contributed by atoms with van der Waals surface area (Å²) in [5.41, 5.74) is 2.15. The number of hydrogen-bond donors (Lipinski definition) is 1. The van der Waals surface area contributed by atoms with Crippen LogP contribution in [0.2, 0.25) is 0 Å². The molecule has 1 aromatic carbocycles. The average Bonchev–Trinajstić information content (AvgIpc) is 2.56. The Kier molecular flexibility index (Phi) is 2.41. The second-order valence-electron chi connectivity index (χ2n) is 3.51. The number of anilines is 2.